The number of benzene rings is 1. The van der Waals surface area contributed by atoms with Crippen LogP contribution in [0.3, 0.4) is 0 Å². The first kappa shape index (κ1) is 6.98. The van der Waals surface area contributed by atoms with E-state index in [1.165, 1.54) is 0 Å². The molecule has 0 radical (unpaired) electrons. The molecule has 0 amide bonds. The van der Waals surface area contributed by atoms with Gasteiger partial charge in [0.2, 0.25) is 0 Å². The van der Waals surface area contributed by atoms with E-state index in [2.05, 4.69) is 9.98 Å². The minimum Gasteiger partial charge on any atom is -0.262 e. The largest absolute Gasteiger partial charge is 0.262 e. The van der Waals surface area contributed by atoms with Crippen molar-refractivity contribution in [2.24, 2.45) is 9.98 Å². The molecule has 2 heteroatoms. The van der Waals surface area contributed by atoms with Gasteiger partial charge in [-0.15, -0.1) is 0 Å². The zero-order chi connectivity index (χ0) is 8.23. The predicted octanol–water partition coefficient (Wildman–Crippen LogP) is 2.01. The van der Waals surface area contributed by atoms with Gasteiger partial charge in [0.05, 0.1) is 0 Å². The highest BCUT2D eigenvalue weighted by atomic mass is 14.7. The van der Waals surface area contributed by atoms with Gasteiger partial charge in [0.25, 0.3) is 0 Å². The van der Waals surface area contributed by atoms with Gasteiger partial charge in [-0.1, -0.05) is 24.3 Å². The van der Waals surface area contributed by atoms with Crippen molar-refractivity contribution in [1.82, 2.24) is 0 Å². The topological polar surface area (TPSA) is 24.7 Å². The van der Waals surface area contributed by atoms with Gasteiger partial charge < -0.3 is 0 Å². The maximum absolute atomic E-state index is 4.05. The Morgan fingerprint density at radius 2 is 1.25 bits per heavy atom. The molecule has 0 saturated heterocycles. The molecule has 58 valence electrons. The molecule has 1 heterocycles. The molecule has 1 aliphatic rings. The monoisotopic (exact) mass is 156 g/mol. The molecule has 0 fully saturated rings. The van der Waals surface area contributed by atoms with E-state index in [1.54, 1.807) is 12.4 Å². The summed E-state index contributed by atoms with van der Waals surface area (Å²) in [6, 6.07) is 8.02. The van der Waals surface area contributed by atoms with Gasteiger partial charge >= 0.3 is 0 Å². The van der Waals surface area contributed by atoms with Crippen LogP contribution in [0.4, 0.5) is 0 Å². The van der Waals surface area contributed by atoms with E-state index < -0.39 is 0 Å². The van der Waals surface area contributed by atoms with Gasteiger partial charge in [-0.2, -0.15) is 0 Å². The fraction of sp³-hybridized carbons (Fsp3) is 0. The van der Waals surface area contributed by atoms with Crippen LogP contribution < -0.4 is 0 Å². The van der Waals surface area contributed by atoms with Gasteiger partial charge in [0, 0.05) is 36.0 Å². The quantitative estimate of drug-likeness (QED) is 0.549. The molecule has 1 aromatic carbocycles. The zero-order valence-corrected chi connectivity index (χ0v) is 6.51. The molecule has 0 saturated carbocycles. The summed E-state index contributed by atoms with van der Waals surface area (Å²) in [5.41, 5.74) is 2.20. The molecule has 0 aromatic heterocycles. The van der Waals surface area contributed by atoms with E-state index in [9.17, 15) is 0 Å². The van der Waals surface area contributed by atoms with Gasteiger partial charge in [-0.25, -0.2) is 0 Å². The van der Waals surface area contributed by atoms with Crippen LogP contribution in [-0.2, 0) is 0 Å². The summed E-state index contributed by atoms with van der Waals surface area (Å²) in [5, 5.41) is 0. The van der Waals surface area contributed by atoms with E-state index >= 15 is 0 Å². The highest BCUT2D eigenvalue weighted by Crippen LogP contribution is 2.04. The number of rotatable bonds is 0. The first-order chi connectivity index (χ1) is 5.97. The fourth-order valence-corrected chi connectivity index (χ4v) is 1.07. The first-order valence-corrected chi connectivity index (χ1v) is 3.77. The lowest BCUT2D eigenvalue weighted by molar-refractivity contribution is 1.46. The third-order valence-electron chi connectivity index (χ3n) is 1.66. The molecule has 0 atom stereocenters. The average molecular weight is 156 g/mol. The Balaban J connectivity index is 2.54. The van der Waals surface area contributed by atoms with Gasteiger partial charge in [0.1, 0.15) is 0 Å². The lowest BCUT2D eigenvalue weighted by atomic mass is 10.1. The Hall–Kier alpha value is -1.70. The Labute approximate surface area is 71.0 Å². The van der Waals surface area contributed by atoms with Crippen molar-refractivity contribution in [3.8, 4) is 0 Å². The van der Waals surface area contributed by atoms with Crippen LogP contribution in [0.1, 0.15) is 11.1 Å². The third kappa shape index (κ3) is 1.32. The number of hydrogen-bond acceptors (Lipinski definition) is 2. The van der Waals surface area contributed by atoms with Gasteiger partial charge in [-0.05, 0) is 0 Å². The number of aliphatic imine (C=N–C) groups is 2. The highest BCUT2D eigenvalue weighted by Gasteiger charge is 1.94. The summed E-state index contributed by atoms with van der Waals surface area (Å²) in [7, 11) is 0. The Kier molecular flexibility index (Phi) is 1.82. The molecule has 0 N–H and O–H groups in total. The van der Waals surface area contributed by atoms with Crippen LogP contribution in [-0.4, -0.2) is 12.4 Å². The van der Waals surface area contributed by atoms with E-state index in [1.807, 2.05) is 36.7 Å². The number of nitrogens with zero attached hydrogens (tertiary/aromatic N) is 2. The first-order valence-electron chi connectivity index (χ1n) is 3.77. The molecule has 2 nitrogen and oxygen atoms in total. The average Bonchev–Trinajstić information content (AvgIpc) is 2.06. The molecule has 1 aliphatic heterocycles. The molecule has 2 rings (SSSR count). The van der Waals surface area contributed by atoms with Crippen molar-refractivity contribution in [3.63, 3.8) is 0 Å². The molecular weight excluding hydrogens is 148 g/mol. The summed E-state index contributed by atoms with van der Waals surface area (Å²) >= 11 is 0. The van der Waals surface area contributed by atoms with Crippen LogP contribution >= 0.6 is 0 Å². The third-order valence-corrected chi connectivity index (χ3v) is 1.66. The summed E-state index contributed by atoms with van der Waals surface area (Å²) in [4.78, 5) is 8.11. The van der Waals surface area contributed by atoms with Crippen LogP contribution in [0.2, 0.25) is 0 Å². The standard InChI is InChI=1S/C10H8N2/c1-2-4-10-8-12-6-5-11-7-9(10)3-1/h1-8H/b6-5-,9-7?,10-8?,11-5?,11-7-,12-6?,12-8-. The highest BCUT2D eigenvalue weighted by molar-refractivity contribution is 5.94. The summed E-state index contributed by atoms with van der Waals surface area (Å²) in [6.07, 6.45) is 7.01. The van der Waals surface area contributed by atoms with Crippen molar-refractivity contribution in [2.45, 2.75) is 0 Å². The molecule has 0 spiro atoms. The SMILES string of the molecule is C1=C\N=C/c2ccccc2\C=N/1. The van der Waals surface area contributed by atoms with Crippen molar-refractivity contribution >= 4 is 12.4 Å². The normalized spacial score (nSPS) is 21.7. The molecule has 1 aromatic rings. The van der Waals surface area contributed by atoms with Gasteiger partial charge in [-0.3, -0.25) is 9.98 Å². The van der Waals surface area contributed by atoms with Gasteiger partial charge in [0.15, 0.2) is 0 Å². The number of hydrogen-bond donors (Lipinski definition) is 0. The Bertz CT molecular complexity index is 327. The predicted molar refractivity (Wildman–Crippen MR) is 50.8 cm³/mol. The van der Waals surface area contributed by atoms with E-state index in [0.29, 0.717) is 0 Å². The maximum atomic E-state index is 4.05. The molecule has 0 aliphatic carbocycles. The fourth-order valence-electron chi connectivity index (χ4n) is 1.07. The van der Waals surface area contributed by atoms with Crippen LogP contribution in [0.25, 0.3) is 0 Å². The minimum atomic E-state index is 1.10. The maximum Gasteiger partial charge on any atom is 0.0451 e. The van der Waals surface area contributed by atoms with E-state index in [0.717, 1.165) is 11.1 Å². The molecular formula is C10H8N2. The van der Waals surface area contributed by atoms with Crippen LogP contribution in [0.15, 0.2) is 46.7 Å². The summed E-state index contributed by atoms with van der Waals surface area (Å²) in [6.45, 7) is 0. The van der Waals surface area contributed by atoms with E-state index in [-0.39, 0.29) is 0 Å². The lowest BCUT2D eigenvalue weighted by Gasteiger charge is -1.98. The second-order valence-electron chi connectivity index (χ2n) is 2.48. The minimum absolute atomic E-state index is 1.10. The Morgan fingerprint density at radius 3 is 1.75 bits per heavy atom. The Morgan fingerprint density at radius 1 is 0.750 bits per heavy atom. The zero-order valence-electron chi connectivity index (χ0n) is 6.51. The summed E-state index contributed by atoms with van der Waals surface area (Å²) < 4.78 is 0. The second-order valence-corrected chi connectivity index (χ2v) is 2.48. The van der Waals surface area contributed by atoms with Crippen LogP contribution in [0.5, 0.6) is 0 Å². The smallest absolute Gasteiger partial charge is 0.0451 e. The van der Waals surface area contributed by atoms with Crippen molar-refractivity contribution in [3.05, 3.63) is 47.8 Å². The van der Waals surface area contributed by atoms with Crippen molar-refractivity contribution in [1.29, 1.82) is 0 Å². The second kappa shape index (κ2) is 3.13. The molecule has 0 unspecified atom stereocenters. The molecule has 0 bridgehead atoms. The van der Waals surface area contributed by atoms with Crippen LogP contribution in [0, 0.1) is 0 Å². The van der Waals surface area contributed by atoms with E-state index in [4.69, 9.17) is 0 Å². The lowest BCUT2D eigenvalue weighted by Crippen LogP contribution is -1.91. The molecule has 12 heavy (non-hydrogen) atoms. The summed E-state index contributed by atoms with van der Waals surface area (Å²) in [5.74, 6) is 0. The van der Waals surface area contributed by atoms with Crippen molar-refractivity contribution in [2.75, 3.05) is 0 Å². The number of fused-ring (bicyclic) bond motifs is 1. The van der Waals surface area contributed by atoms with Crippen molar-refractivity contribution < 1.29 is 0 Å².